The van der Waals surface area contributed by atoms with Crippen molar-refractivity contribution >= 4 is 17.1 Å². The lowest BCUT2D eigenvalue weighted by Crippen LogP contribution is -2.16. The summed E-state index contributed by atoms with van der Waals surface area (Å²) in [5.41, 5.74) is 0.958. The molecule has 1 heteroatoms. The summed E-state index contributed by atoms with van der Waals surface area (Å²) in [5, 5.41) is 2.49. The van der Waals surface area contributed by atoms with E-state index in [1.54, 1.807) is 0 Å². The number of rotatable bonds is 3. The SMILES string of the molecule is CC(C)(C=O)Cc1cccc2ccccc12. The molecule has 0 atom stereocenters. The normalized spacial score (nSPS) is 11.6. The van der Waals surface area contributed by atoms with E-state index in [-0.39, 0.29) is 5.41 Å². The fourth-order valence-electron chi connectivity index (χ4n) is 1.98. The molecular weight excluding hydrogens is 196 g/mol. The van der Waals surface area contributed by atoms with Crippen molar-refractivity contribution in [2.75, 3.05) is 0 Å². The van der Waals surface area contributed by atoms with Gasteiger partial charge in [-0.15, -0.1) is 0 Å². The van der Waals surface area contributed by atoms with Crippen molar-refractivity contribution in [1.29, 1.82) is 0 Å². The molecule has 0 aliphatic rings. The van der Waals surface area contributed by atoms with Crippen molar-refractivity contribution in [3.63, 3.8) is 0 Å². The number of benzene rings is 2. The van der Waals surface area contributed by atoms with Crippen LogP contribution < -0.4 is 0 Å². The highest BCUT2D eigenvalue weighted by Crippen LogP contribution is 2.25. The van der Waals surface area contributed by atoms with Crippen LogP contribution in [0.4, 0.5) is 0 Å². The summed E-state index contributed by atoms with van der Waals surface area (Å²) < 4.78 is 0. The van der Waals surface area contributed by atoms with E-state index in [4.69, 9.17) is 0 Å². The Kier molecular flexibility index (Phi) is 2.78. The van der Waals surface area contributed by atoms with E-state index in [2.05, 4.69) is 30.3 Å². The second-order valence-electron chi connectivity index (χ2n) is 4.92. The minimum atomic E-state index is -0.288. The van der Waals surface area contributed by atoms with E-state index < -0.39 is 0 Å². The van der Waals surface area contributed by atoms with Gasteiger partial charge in [-0.3, -0.25) is 0 Å². The monoisotopic (exact) mass is 212 g/mol. The van der Waals surface area contributed by atoms with E-state index in [1.807, 2.05) is 26.0 Å². The molecule has 0 saturated carbocycles. The average molecular weight is 212 g/mol. The second kappa shape index (κ2) is 4.09. The van der Waals surface area contributed by atoms with Crippen LogP contribution in [0.3, 0.4) is 0 Å². The van der Waals surface area contributed by atoms with Gasteiger partial charge < -0.3 is 4.79 Å². The Hall–Kier alpha value is -1.63. The quantitative estimate of drug-likeness (QED) is 0.710. The van der Waals surface area contributed by atoms with E-state index in [0.717, 1.165) is 12.7 Å². The minimum absolute atomic E-state index is 0.288. The summed E-state index contributed by atoms with van der Waals surface area (Å²) in [7, 11) is 0. The number of hydrogen-bond acceptors (Lipinski definition) is 1. The summed E-state index contributed by atoms with van der Waals surface area (Å²) in [6.07, 6.45) is 1.83. The molecule has 82 valence electrons. The molecule has 0 N–H and O–H groups in total. The van der Waals surface area contributed by atoms with Gasteiger partial charge in [0.25, 0.3) is 0 Å². The van der Waals surface area contributed by atoms with Gasteiger partial charge in [-0.25, -0.2) is 0 Å². The van der Waals surface area contributed by atoms with Crippen molar-refractivity contribution in [2.45, 2.75) is 20.3 Å². The van der Waals surface area contributed by atoms with Crippen molar-refractivity contribution in [3.05, 3.63) is 48.0 Å². The fourth-order valence-corrected chi connectivity index (χ4v) is 1.98. The summed E-state index contributed by atoms with van der Waals surface area (Å²) >= 11 is 0. The van der Waals surface area contributed by atoms with Gasteiger partial charge in [0.15, 0.2) is 0 Å². The maximum absolute atomic E-state index is 11.0. The highest BCUT2D eigenvalue weighted by molar-refractivity contribution is 5.86. The number of fused-ring (bicyclic) bond motifs is 1. The number of carbonyl (C=O) groups excluding carboxylic acids is 1. The molecule has 0 radical (unpaired) electrons. The molecule has 0 fully saturated rings. The minimum Gasteiger partial charge on any atom is -0.303 e. The molecule has 16 heavy (non-hydrogen) atoms. The molecule has 0 bridgehead atoms. The molecule has 2 aromatic carbocycles. The zero-order valence-electron chi connectivity index (χ0n) is 9.73. The van der Waals surface area contributed by atoms with Gasteiger partial charge in [0.1, 0.15) is 6.29 Å². The summed E-state index contributed by atoms with van der Waals surface area (Å²) in [6.45, 7) is 3.95. The standard InChI is InChI=1S/C15H16O/c1-15(2,11-16)10-13-8-5-7-12-6-3-4-9-14(12)13/h3-9,11H,10H2,1-2H3. The molecule has 0 saturated heterocycles. The smallest absolute Gasteiger partial charge is 0.125 e. The molecule has 0 spiro atoms. The first-order valence-electron chi connectivity index (χ1n) is 5.55. The van der Waals surface area contributed by atoms with Gasteiger partial charge in [0.2, 0.25) is 0 Å². The van der Waals surface area contributed by atoms with E-state index in [1.165, 1.54) is 16.3 Å². The van der Waals surface area contributed by atoms with Gasteiger partial charge >= 0.3 is 0 Å². The third kappa shape index (κ3) is 2.13. The van der Waals surface area contributed by atoms with Crippen LogP contribution >= 0.6 is 0 Å². The molecule has 0 aromatic heterocycles. The Morgan fingerprint density at radius 3 is 2.50 bits per heavy atom. The molecule has 0 aliphatic heterocycles. The zero-order valence-corrected chi connectivity index (χ0v) is 9.73. The van der Waals surface area contributed by atoms with Crippen LogP contribution in [0, 0.1) is 5.41 Å². The van der Waals surface area contributed by atoms with Crippen LogP contribution in [0.5, 0.6) is 0 Å². The summed E-state index contributed by atoms with van der Waals surface area (Å²) in [6, 6.07) is 14.6. The predicted molar refractivity (Wildman–Crippen MR) is 67.5 cm³/mol. The fraction of sp³-hybridized carbons (Fsp3) is 0.267. The Labute approximate surface area is 96.1 Å². The third-order valence-electron chi connectivity index (χ3n) is 2.85. The lowest BCUT2D eigenvalue weighted by Gasteiger charge is -2.17. The number of carbonyl (C=O) groups is 1. The molecular formula is C15H16O. The first-order valence-corrected chi connectivity index (χ1v) is 5.55. The van der Waals surface area contributed by atoms with Gasteiger partial charge in [0, 0.05) is 5.41 Å². The average Bonchev–Trinajstić information content (AvgIpc) is 2.29. The predicted octanol–water partition coefficient (Wildman–Crippen LogP) is 3.61. The Morgan fingerprint density at radius 2 is 1.75 bits per heavy atom. The Bertz CT molecular complexity index is 506. The van der Waals surface area contributed by atoms with Crippen molar-refractivity contribution < 1.29 is 4.79 Å². The third-order valence-corrected chi connectivity index (χ3v) is 2.85. The first-order chi connectivity index (χ1) is 7.62. The lowest BCUT2D eigenvalue weighted by molar-refractivity contribution is -0.114. The highest BCUT2D eigenvalue weighted by atomic mass is 16.1. The molecule has 0 unspecified atom stereocenters. The first kappa shape index (κ1) is 10.9. The Morgan fingerprint density at radius 1 is 1.06 bits per heavy atom. The van der Waals surface area contributed by atoms with Crippen molar-refractivity contribution in [3.8, 4) is 0 Å². The van der Waals surface area contributed by atoms with Gasteiger partial charge in [-0.05, 0) is 22.8 Å². The summed E-state index contributed by atoms with van der Waals surface area (Å²) in [4.78, 5) is 11.0. The van der Waals surface area contributed by atoms with Gasteiger partial charge in [-0.1, -0.05) is 56.3 Å². The van der Waals surface area contributed by atoms with Crippen LogP contribution in [-0.2, 0) is 11.2 Å². The zero-order chi connectivity index (χ0) is 11.6. The Balaban J connectivity index is 2.49. The van der Waals surface area contributed by atoms with Crippen molar-refractivity contribution in [2.24, 2.45) is 5.41 Å². The summed E-state index contributed by atoms with van der Waals surface area (Å²) in [5.74, 6) is 0. The highest BCUT2D eigenvalue weighted by Gasteiger charge is 2.18. The molecule has 2 aromatic rings. The van der Waals surface area contributed by atoms with E-state index >= 15 is 0 Å². The van der Waals surface area contributed by atoms with Crippen LogP contribution in [0.15, 0.2) is 42.5 Å². The molecule has 0 aliphatic carbocycles. The van der Waals surface area contributed by atoms with Gasteiger partial charge in [-0.2, -0.15) is 0 Å². The number of aldehydes is 1. The molecule has 1 nitrogen and oxygen atoms in total. The van der Waals surface area contributed by atoms with E-state index in [0.29, 0.717) is 0 Å². The lowest BCUT2D eigenvalue weighted by atomic mass is 9.85. The maximum atomic E-state index is 11.0. The van der Waals surface area contributed by atoms with Crippen LogP contribution in [0.2, 0.25) is 0 Å². The molecule has 0 amide bonds. The van der Waals surface area contributed by atoms with Crippen LogP contribution in [-0.4, -0.2) is 6.29 Å². The topological polar surface area (TPSA) is 17.1 Å². The largest absolute Gasteiger partial charge is 0.303 e. The van der Waals surface area contributed by atoms with E-state index in [9.17, 15) is 4.79 Å². The second-order valence-corrected chi connectivity index (χ2v) is 4.92. The maximum Gasteiger partial charge on any atom is 0.125 e. The number of hydrogen-bond donors (Lipinski definition) is 0. The van der Waals surface area contributed by atoms with Gasteiger partial charge in [0.05, 0.1) is 0 Å². The molecule has 0 heterocycles. The van der Waals surface area contributed by atoms with Crippen LogP contribution in [0.1, 0.15) is 19.4 Å². The van der Waals surface area contributed by atoms with Crippen LogP contribution in [0.25, 0.3) is 10.8 Å². The molecule has 2 rings (SSSR count). The van der Waals surface area contributed by atoms with Crippen molar-refractivity contribution in [1.82, 2.24) is 0 Å².